The Hall–Kier alpha value is -4.94. The minimum atomic E-state index is -1.19. The van der Waals surface area contributed by atoms with Gasteiger partial charge in [0.1, 0.15) is 42.5 Å². The number of aliphatic carboxylic acids is 1. The second-order valence-electron chi connectivity index (χ2n) is 11.6. The predicted octanol–water partition coefficient (Wildman–Crippen LogP) is 3.47. The molecule has 0 saturated carbocycles. The van der Waals surface area contributed by atoms with Gasteiger partial charge in [0.25, 0.3) is 0 Å². The fourth-order valence-electron chi connectivity index (χ4n) is 5.80. The van der Waals surface area contributed by atoms with Crippen molar-refractivity contribution >= 4 is 35.4 Å². The van der Waals surface area contributed by atoms with E-state index < -0.39 is 30.1 Å². The average Bonchev–Trinajstić information content (AvgIpc) is 3.09. The molecule has 4 heterocycles. The number of carboxylic acids is 1. The molecule has 0 bridgehead atoms. The molecule has 13 heteroatoms. The Balaban J connectivity index is 1.23. The van der Waals surface area contributed by atoms with Gasteiger partial charge in [-0.1, -0.05) is 43.3 Å². The van der Waals surface area contributed by atoms with Gasteiger partial charge in [0.15, 0.2) is 0 Å². The zero-order valence-corrected chi connectivity index (χ0v) is 26.3. The first-order valence-corrected chi connectivity index (χ1v) is 15.9. The number of rotatable bonds is 12. The Morgan fingerprint density at radius 1 is 1.09 bits per heavy atom. The molecule has 244 valence electrons. The van der Waals surface area contributed by atoms with E-state index in [4.69, 9.17) is 9.72 Å². The Morgan fingerprint density at radius 3 is 2.61 bits per heavy atom. The van der Waals surface area contributed by atoms with E-state index >= 15 is 0 Å². The molecule has 1 fully saturated rings. The molecule has 1 aromatic carbocycles. The topological polar surface area (TPSA) is 171 Å². The summed E-state index contributed by atoms with van der Waals surface area (Å²) in [5.74, 6) is 0.904. The van der Waals surface area contributed by atoms with Gasteiger partial charge >= 0.3 is 12.1 Å². The van der Waals surface area contributed by atoms with Crippen molar-refractivity contribution in [2.75, 3.05) is 41.7 Å². The summed E-state index contributed by atoms with van der Waals surface area (Å²) in [6.45, 7) is 5.93. The van der Waals surface area contributed by atoms with Crippen LogP contribution in [0.5, 0.6) is 0 Å². The fourth-order valence-corrected chi connectivity index (χ4v) is 5.80. The third-order valence-corrected chi connectivity index (χ3v) is 8.43. The summed E-state index contributed by atoms with van der Waals surface area (Å²) in [5.41, 5.74) is 4.10. The van der Waals surface area contributed by atoms with Crippen LogP contribution in [-0.2, 0) is 33.8 Å². The summed E-state index contributed by atoms with van der Waals surface area (Å²) in [4.78, 5) is 53.4. The minimum Gasteiger partial charge on any atom is -0.480 e. The van der Waals surface area contributed by atoms with Crippen LogP contribution >= 0.6 is 0 Å². The molecule has 0 radical (unpaired) electrons. The molecular weight excluding hydrogens is 588 g/mol. The van der Waals surface area contributed by atoms with E-state index in [1.54, 1.807) is 0 Å². The normalized spacial score (nSPS) is 15.9. The van der Waals surface area contributed by atoms with E-state index in [-0.39, 0.29) is 13.2 Å². The predicted molar refractivity (Wildman–Crippen MR) is 174 cm³/mol. The number of nitrogens with zero attached hydrogens (tertiary/aromatic N) is 4. The van der Waals surface area contributed by atoms with Gasteiger partial charge in [-0.3, -0.25) is 9.59 Å². The Morgan fingerprint density at radius 2 is 1.87 bits per heavy atom. The second-order valence-corrected chi connectivity index (χ2v) is 11.6. The number of aryl methyl sites for hydroxylation is 1. The summed E-state index contributed by atoms with van der Waals surface area (Å²) in [7, 11) is 0. The largest absolute Gasteiger partial charge is 0.480 e. The minimum absolute atomic E-state index is 0.0192. The highest BCUT2D eigenvalue weighted by Gasteiger charge is 2.28. The fraction of sp³-hybridized carbons (Fsp3) is 0.455. The molecule has 3 aromatic rings. The van der Waals surface area contributed by atoms with Crippen LogP contribution in [0.4, 0.5) is 22.2 Å². The van der Waals surface area contributed by atoms with Gasteiger partial charge in [0.2, 0.25) is 5.91 Å². The first kappa shape index (κ1) is 32.5. The van der Waals surface area contributed by atoms with Gasteiger partial charge in [-0.15, -0.1) is 0 Å². The number of pyridine rings is 1. The molecule has 5 N–H and O–H groups in total. The third-order valence-electron chi connectivity index (χ3n) is 8.43. The zero-order chi connectivity index (χ0) is 32.5. The summed E-state index contributed by atoms with van der Waals surface area (Å²) >= 11 is 0. The quantitative estimate of drug-likeness (QED) is 0.199. The number of carbonyl (C=O) groups excluding carboxylic acids is 2. The van der Waals surface area contributed by atoms with E-state index in [2.05, 4.69) is 48.3 Å². The molecule has 1 saturated heterocycles. The molecule has 0 aliphatic carbocycles. The monoisotopic (exact) mass is 630 g/mol. The smallest absolute Gasteiger partial charge is 0.408 e. The van der Waals surface area contributed by atoms with E-state index in [1.807, 2.05) is 37.3 Å². The number of amides is 2. The van der Waals surface area contributed by atoms with Crippen LogP contribution in [0.15, 0.2) is 48.8 Å². The van der Waals surface area contributed by atoms with E-state index in [0.29, 0.717) is 18.2 Å². The van der Waals surface area contributed by atoms with Crippen molar-refractivity contribution < 1.29 is 24.2 Å². The maximum Gasteiger partial charge on any atom is 0.408 e. The Kier molecular flexibility index (Phi) is 10.8. The van der Waals surface area contributed by atoms with Crippen LogP contribution in [0.1, 0.15) is 61.4 Å². The zero-order valence-electron chi connectivity index (χ0n) is 26.3. The van der Waals surface area contributed by atoms with Crippen molar-refractivity contribution in [3.8, 4) is 0 Å². The average molecular weight is 631 g/mol. The molecule has 2 aromatic heterocycles. The number of benzene rings is 1. The molecular formula is C33H42N8O5. The van der Waals surface area contributed by atoms with Crippen LogP contribution < -0.4 is 26.2 Å². The van der Waals surface area contributed by atoms with E-state index in [9.17, 15) is 19.5 Å². The first-order valence-electron chi connectivity index (χ1n) is 15.9. The highest BCUT2D eigenvalue weighted by molar-refractivity contribution is 5.89. The molecule has 2 aliphatic heterocycles. The lowest BCUT2D eigenvalue weighted by molar-refractivity contribution is -0.141. The lowest BCUT2D eigenvalue weighted by Gasteiger charge is -2.34. The number of hydrogen-bond acceptors (Lipinski definition) is 10. The van der Waals surface area contributed by atoms with Crippen molar-refractivity contribution in [2.24, 2.45) is 0 Å². The molecule has 0 spiro atoms. The van der Waals surface area contributed by atoms with Crippen LogP contribution in [0, 0.1) is 0 Å². The highest BCUT2D eigenvalue weighted by atomic mass is 16.5. The molecule has 13 nitrogen and oxygen atoms in total. The van der Waals surface area contributed by atoms with Gasteiger partial charge in [-0.2, -0.15) is 0 Å². The SMILES string of the molecule is CCc1c(NC[C@H](NC(=O)OCc2ccccc2)C(=O)N[C@@H](C)C(=O)O)ncnc1N1CCC(c2ccc3c(n2)NCCC3)CC1. The maximum absolute atomic E-state index is 13.1. The van der Waals surface area contributed by atoms with Gasteiger partial charge < -0.3 is 36.0 Å². The first-order chi connectivity index (χ1) is 22.3. The number of carbonyl (C=O) groups is 3. The summed E-state index contributed by atoms with van der Waals surface area (Å²) in [5, 5.41) is 20.9. The van der Waals surface area contributed by atoms with Crippen LogP contribution in [0.25, 0.3) is 0 Å². The maximum atomic E-state index is 13.1. The summed E-state index contributed by atoms with van der Waals surface area (Å²) < 4.78 is 5.31. The molecule has 2 atom stereocenters. The highest BCUT2D eigenvalue weighted by Crippen LogP contribution is 2.33. The number of piperidine rings is 1. The lowest BCUT2D eigenvalue weighted by Crippen LogP contribution is -2.53. The number of nitrogens with one attached hydrogen (secondary N) is 4. The van der Waals surface area contributed by atoms with Gasteiger partial charge in [0.05, 0.1) is 0 Å². The number of anilines is 3. The van der Waals surface area contributed by atoms with Crippen molar-refractivity contribution in [3.63, 3.8) is 0 Å². The molecule has 2 amide bonds. The van der Waals surface area contributed by atoms with Gasteiger partial charge in [-0.05, 0) is 56.2 Å². The third kappa shape index (κ3) is 8.20. The molecule has 0 unspecified atom stereocenters. The second kappa shape index (κ2) is 15.4. The number of hydrogen-bond donors (Lipinski definition) is 5. The van der Waals surface area contributed by atoms with Crippen molar-refractivity contribution in [1.29, 1.82) is 0 Å². The summed E-state index contributed by atoms with van der Waals surface area (Å²) in [6.07, 6.45) is 5.41. The number of aromatic nitrogens is 3. The van der Waals surface area contributed by atoms with Crippen LogP contribution in [0.2, 0.25) is 0 Å². The number of carboxylic acid groups (broad SMARTS) is 1. The molecule has 5 rings (SSSR count). The van der Waals surface area contributed by atoms with Crippen LogP contribution in [0.3, 0.4) is 0 Å². The summed E-state index contributed by atoms with van der Waals surface area (Å²) in [6, 6.07) is 11.2. The van der Waals surface area contributed by atoms with E-state index in [0.717, 1.165) is 73.8 Å². The van der Waals surface area contributed by atoms with E-state index in [1.165, 1.54) is 18.8 Å². The number of fused-ring (bicyclic) bond motifs is 1. The Bertz CT molecular complexity index is 1510. The van der Waals surface area contributed by atoms with Crippen molar-refractivity contribution in [3.05, 3.63) is 71.2 Å². The van der Waals surface area contributed by atoms with Gasteiger partial charge in [0, 0.05) is 43.4 Å². The van der Waals surface area contributed by atoms with Crippen LogP contribution in [-0.4, -0.2) is 76.3 Å². The number of alkyl carbamates (subject to hydrolysis) is 1. The lowest BCUT2D eigenvalue weighted by atomic mass is 9.92. The Labute approximate surface area is 268 Å². The number of ether oxygens (including phenoxy) is 1. The standard InChI is InChI=1S/C33H42N8O5/c1-3-25-29(35-18-27(31(42)38-21(2)32(43)44)40-33(45)46-19-22-8-5-4-6-9-22)36-20-37-30(25)41-16-13-23(14-17-41)26-12-11-24-10-7-15-34-28(24)39-26/h4-6,8-9,11-12,20-21,23,27H,3,7,10,13-19H2,1-2H3,(H,34,39)(H,38,42)(H,40,45)(H,43,44)(H,35,36,37)/t21-,27-/m0/s1. The van der Waals surface area contributed by atoms with Crippen molar-refractivity contribution in [2.45, 2.75) is 70.6 Å². The molecule has 2 aliphatic rings. The van der Waals surface area contributed by atoms with Crippen molar-refractivity contribution in [1.82, 2.24) is 25.6 Å². The molecule has 46 heavy (non-hydrogen) atoms. The van der Waals surface area contributed by atoms with Gasteiger partial charge in [-0.25, -0.2) is 19.7 Å².